The molecule has 9 nitrogen and oxygen atoms in total. The van der Waals surface area contributed by atoms with Gasteiger partial charge in [-0.2, -0.15) is 18.3 Å². The fourth-order valence-corrected chi connectivity index (χ4v) is 4.11. The van der Waals surface area contributed by atoms with Crippen LogP contribution in [0.25, 0.3) is 17.0 Å². The lowest BCUT2D eigenvalue weighted by Crippen LogP contribution is -2.41. The minimum Gasteiger partial charge on any atom is -0.356 e. The van der Waals surface area contributed by atoms with Crippen LogP contribution in [0.15, 0.2) is 30.7 Å². The molecular formula is C18H20F3N7O2S. The van der Waals surface area contributed by atoms with Crippen molar-refractivity contribution in [2.24, 2.45) is 5.92 Å². The molecule has 13 heteroatoms. The first-order valence-electron chi connectivity index (χ1n) is 9.54. The molecule has 0 unspecified atom stereocenters. The fraction of sp³-hybridized carbons (Fsp3) is 0.444. The van der Waals surface area contributed by atoms with Gasteiger partial charge in [0, 0.05) is 25.7 Å². The molecular weight excluding hydrogens is 435 g/mol. The first-order chi connectivity index (χ1) is 14.6. The first-order valence-corrected chi connectivity index (χ1v) is 11.4. The van der Waals surface area contributed by atoms with Crippen LogP contribution < -0.4 is 9.62 Å². The minimum absolute atomic E-state index is 0.119. The molecule has 4 rings (SSSR count). The van der Waals surface area contributed by atoms with Crippen molar-refractivity contribution in [1.29, 1.82) is 0 Å². The SMILES string of the molecule is CS(=O)(=O)NC[C@H]1CCCN(c2cc(-c3cnc4ccc(C(F)(F)F)nn34)ncn2)C1. The molecule has 1 atom stereocenters. The monoisotopic (exact) mass is 455 g/mol. The van der Waals surface area contributed by atoms with Crippen molar-refractivity contribution in [3.63, 3.8) is 0 Å². The van der Waals surface area contributed by atoms with E-state index in [1.165, 1.54) is 18.6 Å². The molecule has 0 bridgehead atoms. The van der Waals surface area contributed by atoms with Gasteiger partial charge in [-0.1, -0.05) is 0 Å². The highest BCUT2D eigenvalue weighted by molar-refractivity contribution is 7.88. The summed E-state index contributed by atoms with van der Waals surface area (Å²) in [6, 6.07) is 3.82. The van der Waals surface area contributed by atoms with Crippen LogP contribution in [0.4, 0.5) is 19.0 Å². The summed E-state index contributed by atoms with van der Waals surface area (Å²) in [6.45, 7) is 1.67. The second-order valence-electron chi connectivity index (χ2n) is 7.47. The van der Waals surface area contributed by atoms with Crippen LogP contribution in [0.2, 0.25) is 0 Å². The molecule has 0 radical (unpaired) electrons. The van der Waals surface area contributed by atoms with E-state index in [0.717, 1.165) is 36.2 Å². The maximum absolute atomic E-state index is 13.1. The number of imidazole rings is 1. The van der Waals surface area contributed by atoms with Gasteiger partial charge in [0.2, 0.25) is 10.0 Å². The minimum atomic E-state index is -4.57. The van der Waals surface area contributed by atoms with Gasteiger partial charge in [-0.15, -0.1) is 0 Å². The lowest BCUT2D eigenvalue weighted by atomic mass is 9.98. The largest absolute Gasteiger partial charge is 0.435 e. The van der Waals surface area contributed by atoms with Crippen LogP contribution in [0.1, 0.15) is 18.5 Å². The van der Waals surface area contributed by atoms with Crippen LogP contribution in [-0.4, -0.2) is 58.9 Å². The second kappa shape index (κ2) is 8.04. The Labute approximate surface area is 176 Å². The Morgan fingerprint density at radius 2 is 2.03 bits per heavy atom. The molecule has 3 aromatic rings. The summed E-state index contributed by atoms with van der Waals surface area (Å²) in [5.74, 6) is 0.727. The molecule has 3 aromatic heterocycles. The molecule has 31 heavy (non-hydrogen) atoms. The van der Waals surface area contributed by atoms with E-state index in [1.54, 1.807) is 6.07 Å². The Morgan fingerprint density at radius 1 is 1.23 bits per heavy atom. The summed E-state index contributed by atoms with van der Waals surface area (Å²) in [5.41, 5.74) is -0.0448. The molecule has 166 valence electrons. The van der Waals surface area contributed by atoms with Gasteiger partial charge in [-0.3, -0.25) is 0 Å². The molecule has 0 aromatic carbocycles. The predicted octanol–water partition coefficient (Wildman–Crippen LogP) is 1.97. The van der Waals surface area contributed by atoms with Crippen molar-refractivity contribution in [3.05, 3.63) is 36.4 Å². The molecule has 1 saturated heterocycles. The van der Waals surface area contributed by atoms with Crippen LogP contribution >= 0.6 is 0 Å². The summed E-state index contributed by atoms with van der Waals surface area (Å²) in [7, 11) is -3.27. The third kappa shape index (κ3) is 4.93. The average molecular weight is 455 g/mol. The second-order valence-corrected chi connectivity index (χ2v) is 9.30. The van der Waals surface area contributed by atoms with Gasteiger partial charge in [-0.25, -0.2) is 32.6 Å². The van der Waals surface area contributed by atoms with E-state index >= 15 is 0 Å². The quantitative estimate of drug-likeness (QED) is 0.627. The van der Waals surface area contributed by atoms with E-state index in [9.17, 15) is 21.6 Å². The van der Waals surface area contributed by atoms with Crippen molar-refractivity contribution in [2.45, 2.75) is 19.0 Å². The maximum Gasteiger partial charge on any atom is 0.435 e. The fourth-order valence-electron chi connectivity index (χ4n) is 3.57. The number of sulfonamides is 1. The number of nitrogens with one attached hydrogen (secondary N) is 1. The van der Waals surface area contributed by atoms with Crippen LogP contribution in [0, 0.1) is 5.92 Å². The van der Waals surface area contributed by atoms with E-state index in [1.807, 2.05) is 4.90 Å². The highest BCUT2D eigenvalue weighted by Gasteiger charge is 2.33. The molecule has 0 spiro atoms. The number of anilines is 1. The summed E-state index contributed by atoms with van der Waals surface area (Å²) in [5, 5.41) is 3.67. The maximum atomic E-state index is 13.1. The van der Waals surface area contributed by atoms with Gasteiger partial charge >= 0.3 is 6.18 Å². The highest BCUT2D eigenvalue weighted by atomic mass is 32.2. The Kier molecular flexibility index (Phi) is 5.56. The number of aromatic nitrogens is 5. The smallest absolute Gasteiger partial charge is 0.356 e. The van der Waals surface area contributed by atoms with Crippen molar-refractivity contribution in [1.82, 2.24) is 29.3 Å². The standard InChI is InChI=1S/C18H20F3N7O2S/c1-31(29,30)25-8-12-3-2-6-27(10-12)17-7-13(23-11-24-17)14-9-22-16-5-4-15(18(19,20)21)26-28(14)16/h4-5,7,9,11-12,25H,2-3,6,8,10H2,1H3/t12-/m1/s1. The molecule has 0 amide bonds. The number of alkyl halides is 3. The zero-order valence-corrected chi connectivity index (χ0v) is 17.4. The normalized spacial score (nSPS) is 17.9. The lowest BCUT2D eigenvalue weighted by molar-refractivity contribution is -0.141. The van der Waals surface area contributed by atoms with Gasteiger partial charge in [0.05, 0.1) is 18.1 Å². The average Bonchev–Trinajstić information content (AvgIpc) is 3.15. The highest BCUT2D eigenvalue weighted by Crippen LogP contribution is 2.29. The molecule has 1 aliphatic heterocycles. The number of halogens is 3. The van der Waals surface area contributed by atoms with Gasteiger partial charge in [0.1, 0.15) is 17.8 Å². The third-order valence-corrected chi connectivity index (χ3v) is 5.74. The Morgan fingerprint density at radius 3 is 2.77 bits per heavy atom. The number of hydrogen-bond acceptors (Lipinski definition) is 7. The van der Waals surface area contributed by atoms with Gasteiger partial charge in [0.25, 0.3) is 0 Å². The number of rotatable bonds is 5. The predicted molar refractivity (Wildman–Crippen MR) is 107 cm³/mol. The zero-order valence-electron chi connectivity index (χ0n) is 16.5. The third-order valence-electron chi connectivity index (χ3n) is 5.05. The first kappa shape index (κ1) is 21.4. The topological polar surface area (TPSA) is 105 Å². The van der Waals surface area contributed by atoms with Gasteiger partial charge < -0.3 is 4.90 Å². The molecule has 0 aliphatic carbocycles. The molecule has 4 heterocycles. The number of fused-ring (bicyclic) bond motifs is 1. The lowest BCUT2D eigenvalue weighted by Gasteiger charge is -2.33. The summed E-state index contributed by atoms with van der Waals surface area (Å²) in [4.78, 5) is 14.6. The molecule has 1 N–H and O–H groups in total. The number of hydrogen-bond donors (Lipinski definition) is 1. The molecule has 1 aliphatic rings. The van der Waals surface area contributed by atoms with E-state index in [0.29, 0.717) is 30.3 Å². The van der Waals surface area contributed by atoms with Gasteiger partial charge in [-0.05, 0) is 30.9 Å². The van der Waals surface area contributed by atoms with E-state index in [2.05, 4.69) is 24.8 Å². The number of piperidine rings is 1. The van der Waals surface area contributed by atoms with Crippen LogP contribution in [0.3, 0.4) is 0 Å². The summed E-state index contributed by atoms with van der Waals surface area (Å²) < 4.78 is 65.6. The molecule has 0 saturated carbocycles. The summed E-state index contributed by atoms with van der Waals surface area (Å²) in [6.07, 6.45) is 1.06. The zero-order chi connectivity index (χ0) is 22.2. The Balaban J connectivity index is 1.60. The molecule has 1 fully saturated rings. The summed E-state index contributed by atoms with van der Waals surface area (Å²) >= 11 is 0. The van der Waals surface area contributed by atoms with Crippen molar-refractivity contribution in [3.8, 4) is 11.4 Å². The van der Waals surface area contributed by atoms with Crippen molar-refractivity contribution in [2.75, 3.05) is 30.8 Å². The van der Waals surface area contributed by atoms with Crippen molar-refractivity contribution < 1.29 is 21.6 Å². The van der Waals surface area contributed by atoms with E-state index < -0.39 is 21.9 Å². The van der Waals surface area contributed by atoms with E-state index in [4.69, 9.17) is 0 Å². The van der Waals surface area contributed by atoms with Crippen LogP contribution in [0.5, 0.6) is 0 Å². The Hall–Kier alpha value is -2.80. The van der Waals surface area contributed by atoms with Crippen molar-refractivity contribution >= 4 is 21.5 Å². The Bertz CT molecular complexity index is 1200. The van der Waals surface area contributed by atoms with Gasteiger partial charge in [0.15, 0.2) is 11.3 Å². The number of nitrogens with zero attached hydrogens (tertiary/aromatic N) is 6. The van der Waals surface area contributed by atoms with Crippen LogP contribution in [-0.2, 0) is 16.2 Å². The van der Waals surface area contributed by atoms with E-state index in [-0.39, 0.29) is 11.6 Å².